The number of nitrogens with zero attached hydrogens (tertiary/aromatic N) is 2. The average Bonchev–Trinajstić information content (AvgIpc) is 2.49. The topological polar surface area (TPSA) is 34.9 Å². The van der Waals surface area contributed by atoms with Crippen LogP contribution in [0.15, 0.2) is 58.1 Å². The summed E-state index contributed by atoms with van der Waals surface area (Å²) in [7, 11) is 0. The summed E-state index contributed by atoms with van der Waals surface area (Å²) < 4.78 is 2.24. The Hall–Kier alpha value is -1.94. The van der Waals surface area contributed by atoms with E-state index in [0.29, 0.717) is 11.0 Å². The van der Waals surface area contributed by atoms with E-state index in [1.54, 1.807) is 4.57 Å². The molecule has 0 bridgehead atoms. The molecule has 20 heavy (non-hydrogen) atoms. The Morgan fingerprint density at radius 1 is 1.20 bits per heavy atom. The minimum Gasteiger partial charge on any atom is -0.314 e. The molecule has 3 aromatic rings. The number of fused-ring (bicyclic) bond motifs is 1. The molecule has 100 valence electrons. The molecule has 0 saturated carbocycles. The summed E-state index contributed by atoms with van der Waals surface area (Å²) in [5.74, 6) is 0. The fourth-order valence-corrected chi connectivity index (χ4v) is 2.69. The first kappa shape index (κ1) is 13.1. The maximum atomic E-state index is 11.9. The standard InChI is InChI=1S/C16H13BrN2O/c1-2-19-10-13(7-14(17)16(19)20)15-8-11-5-3-4-6-12(11)9-18-15/h3-10H,2H2,1H3. The van der Waals surface area contributed by atoms with Crippen LogP contribution >= 0.6 is 15.9 Å². The molecule has 0 atom stereocenters. The molecular formula is C16H13BrN2O. The van der Waals surface area contributed by atoms with Crippen molar-refractivity contribution in [2.45, 2.75) is 13.5 Å². The van der Waals surface area contributed by atoms with E-state index in [1.807, 2.05) is 49.6 Å². The zero-order chi connectivity index (χ0) is 14.1. The Labute approximate surface area is 125 Å². The molecule has 0 aliphatic carbocycles. The zero-order valence-electron chi connectivity index (χ0n) is 11.0. The summed E-state index contributed by atoms with van der Waals surface area (Å²) >= 11 is 3.32. The Morgan fingerprint density at radius 2 is 1.95 bits per heavy atom. The molecule has 0 spiro atoms. The lowest BCUT2D eigenvalue weighted by Gasteiger charge is -2.08. The lowest BCUT2D eigenvalue weighted by Crippen LogP contribution is -2.19. The minimum atomic E-state index is -0.0166. The lowest BCUT2D eigenvalue weighted by molar-refractivity contribution is 0.724. The highest BCUT2D eigenvalue weighted by molar-refractivity contribution is 9.10. The monoisotopic (exact) mass is 328 g/mol. The average molecular weight is 329 g/mol. The van der Waals surface area contributed by atoms with Crippen LogP contribution in [0.3, 0.4) is 0 Å². The summed E-state index contributed by atoms with van der Waals surface area (Å²) in [6.45, 7) is 2.59. The number of hydrogen-bond acceptors (Lipinski definition) is 2. The van der Waals surface area contributed by atoms with Crippen LogP contribution in [-0.2, 0) is 6.54 Å². The molecule has 2 aromatic heterocycles. The van der Waals surface area contributed by atoms with Crippen molar-refractivity contribution in [3.05, 3.63) is 63.6 Å². The lowest BCUT2D eigenvalue weighted by atomic mass is 10.1. The van der Waals surface area contributed by atoms with Crippen LogP contribution in [0.25, 0.3) is 22.0 Å². The SMILES string of the molecule is CCn1cc(-c2cc3ccccc3cn2)cc(Br)c1=O. The van der Waals surface area contributed by atoms with Crippen LogP contribution < -0.4 is 5.56 Å². The van der Waals surface area contributed by atoms with Gasteiger partial charge in [-0.2, -0.15) is 0 Å². The largest absolute Gasteiger partial charge is 0.314 e. The van der Waals surface area contributed by atoms with E-state index >= 15 is 0 Å². The summed E-state index contributed by atoms with van der Waals surface area (Å²) in [5, 5.41) is 2.25. The van der Waals surface area contributed by atoms with Crippen molar-refractivity contribution in [2.24, 2.45) is 0 Å². The van der Waals surface area contributed by atoms with Gasteiger partial charge >= 0.3 is 0 Å². The van der Waals surface area contributed by atoms with E-state index in [1.165, 1.54) is 0 Å². The molecule has 1 aromatic carbocycles. The molecule has 3 rings (SSSR count). The van der Waals surface area contributed by atoms with Gasteiger partial charge in [-0.1, -0.05) is 24.3 Å². The minimum absolute atomic E-state index is 0.0166. The number of pyridine rings is 2. The summed E-state index contributed by atoms with van der Waals surface area (Å²) in [6.07, 6.45) is 3.71. The second kappa shape index (κ2) is 5.21. The van der Waals surface area contributed by atoms with Gasteiger partial charge in [-0.25, -0.2) is 0 Å². The van der Waals surface area contributed by atoms with Gasteiger partial charge in [0.25, 0.3) is 5.56 Å². The van der Waals surface area contributed by atoms with E-state index < -0.39 is 0 Å². The molecule has 3 nitrogen and oxygen atoms in total. The van der Waals surface area contributed by atoms with Gasteiger partial charge < -0.3 is 4.57 Å². The Balaban J connectivity index is 2.20. The highest BCUT2D eigenvalue weighted by Crippen LogP contribution is 2.23. The molecule has 0 N–H and O–H groups in total. The maximum absolute atomic E-state index is 11.9. The summed E-state index contributed by atoms with van der Waals surface area (Å²) in [5.41, 5.74) is 1.78. The second-order valence-corrected chi connectivity index (χ2v) is 5.44. The fourth-order valence-electron chi connectivity index (χ4n) is 2.22. The van der Waals surface area contributed by atoms with Crippen LogP contribution in [0.2, 0.25) is 0 Å². The van der Waals surface area contributed by atoms with Crippen molar-refractivity contribution in [1.82, 2.24) is 9.55 Å². The van der Waals surface area contributed by atoms with E-state index in [4.69, 9.17) is 0 Å². The van der Waals surface area contributed by atoms with Gasteiger partial charge in [0.15, 0.2) is 0 Å². The normalized spacial score (nSPS) is 10.9. The van der Waals surface area contributed by atoms with Crippen molar-refractivity contribution in [3.63, 3.8) is 0 Å². The fraction of sp³-hybridized carbons (Fsp3) is 0.125. The Bertz CT molecular complexity index is 839. The number of rotatable bonds is 2. The first-order chi connectivity index (χ1) is 9.69. The van der Waals surface area contributed by atoms with Crippen LogP contribution in [0, 0.1) is 0 Å². The van der Waals surface area contributed by atoms with Crippen molar-refractivity contribution in [2.75, 3.05) is 0 Å². The molecule has 0 saturated heterocycles. The molecule has 0 amide bonds. The Morgan fingerprint density at radius 3 is 2.70 bits per heavy atom. The third-order valence-corrected chi connectivity index (χ3v) is 3.88. The van der Waals surface area contributed by atoms with E-state index in [2.05, 4.69) is 27.0 Å². The quantitative estimate of drug-likeness (QED) is 0.716. The number of halogens is 1. The van der Waals surface area contributed by atoms with Gasteiger partial charge in [-0.3, -0.25) is 9.78 Å². The molecule has 0 aliphatic rings. The summed E-state index contributed by atoms with van der Waals surface area (Å²) in [6, 6.07) is 12.0. The van der Waals surface area contributed by atoms with E-state index in [0.717, 1.165) is 22.0 Å². The van der Waals surface area contributed by atoms with Gasteiger partial charge in [0.1, 0.15) is 0 Å². The van der Waals surface area contributed by atoms with Gasteiger partial charge in [0, 0.05) is 29.9 Å². The molecule has 0 radical (unpaired) electrons. The zero-order valence-corrected chi connectivity index (χ0v) is 12.6. The van der Waals surface area contributed by atoms with Crippen LogP contribution in [0.5, 0.6) is 0 Å². The molecular weight excluding hydrogens is 316 g/mol. The van der Waals surface area contributed by atoms with Crippen LogP contribution in [0.1, 0.15) is 6.92 Å². The molecule has 2 heterocycles. The number of aryl methyl sites for hydroxylation is 1. The van der Waals surface area contributed by atoms with E-state index in [-0.39, 0.29) is 5.56 Å². The third-order valence-electron chi connectivity index (χ3n) is 3.31. The number of benzene rings is 1. The first-order valence-corrected chi connectivity index (χ1v) is 7.23. The maximum Gasteiger partial charge on any atom is 0.264 e. The van der Waals surface area contributed by atoms with Crippen LogP contribution in [-0.4, -0.2) is 9.55 Å². The van der Waals surface area contributed by atoms with Crippen molar-refractivity contribution in [3.8, 4) is 11.3 Å². The Kier molecular flexibility index (Phi) is 3.40. The third kappa shape index (κ3) is 2.27. The molecule has 0 unspecified atom stereocenters. The molecule has 0 aliphatic heterocycles. The first-order valence-electron chi connectivity index (χ1n) is 6.44. The van der Waals surface area contributed by atoms with Crippen molar-refractivity contribution in [1.29, 1.82) is 0 Å². The number of hydrogen-bond donors (Lipinski definition) is 0. The molecule has 4 heteroatoms. The highest BCUT2D eigenvalue weighted by atomic mass is 79.9. The van der Waals surface area contributed by atoms with Gasteiger partial charge in [-0.15, -0.1) is 0 Å². The highest BCUT2D eigenvalue weighted by Gasteiger charge is 2.07. The molecule has 0 fully saturated rings. The predicted molar refractivity (Wildman–Crippen MR) is 84.8 cm³/mol. The van der Waals surface area contributed by atoms with Gasteiger partial charge in [-0.05, 0) is 40.4 Å². The van der Waals surface area contributed by atoms with Gasteiger partial charge in [0.05, 0.1) is 10.2 Å². The van der Waals surface area contributed by atoms with Crippen LogP contribution in [0.4, 0.5) is 0 Å². The van der Waals surface area contributed by atoms with E-state index in [9.17, 15) is 4.79 Å². The predicted octanol–water partition coefficient (Wildman–Crippen LogP) is 3.85. The smallest absolute Gasteiger partial charge is 0.264 e. The summed E-state index contributed by atoms with van der Waals surface area (Å²) in [4.78, 5) is 16.4. The second-order valence-electron chi connectivity index (χ2n) is 4.58. The van der Waals surface area contributed by atoms with Crippen molar-refractivity contribution >= 4 is 26.7 Å². The van der Waals surface area contributed by atoms with Gasteiger partial charge in [0.2, 0.25) is 0 Å². The van der Waals surface area contributed by atoms with Crippen molar-refractivity contribution < 1.29 is 0 Å². The number of aromatic nitrogens is 2.